The van der Waals surface area contributed by atoms with E-state index >= 15 is 0 Å². The first-order chi connectivity index (χ1) is 18.9. The van der Waals surface area contributed by atoms with Gasteiger partial charge < -0.3 is 23.9 Å². The van der Waals surface area contributed by atoms with Gasteiger partial charge >= 0.3 is 63.5 Å². The number of halogens is 1. The summed E-state index contributed by atoms with van der Waals surface area (Å²) in [5.41, 5.74) is 3.73. The molecule has 0 N–H and O–H groups in total. The van der Waals surface area contributed by atoms with Gasteiger partial charge in [-0.25, -0.2) is 14.6 Å². The average Bonchev–Trinajstić information content (AvgIpc) is 3.55. The summed E-state index contributed by atoms with van der Waals surface area (Å²) in [6.07, 6.45) is 1.16. The molecule has 0 atom stereocenters. The van der Waals surface area contributed by atoms with Crippen LogP contribution in [0.5, 0.6) is 0 Å². The molecule has 0 saturated carbocycles. The maximum Gasteiger partial charge on any atom is 1.00 e. The van der Waals surface area contributed by atoms with Gasteiger partial charge in [0.05, 0.1) is 6.10 Å². The Bertz CT molecular complexity index is 1410. The first kappa shape index (κ1) is 31.9. The standard InChI is InChI=1S/C27H28ClN6O5.K/c1-4-5-10-22-29-24(28)23(26(35)37-16-38-27(36)39-17(2)3)34(22)15-18-11-13-19(14-12-18)20-8-6-7-9-21(20)25-30-32-33-31-25;/h6-9,11-14,17H,4-5,10,15-16H2,1-3H3;/q-1;+1. The van der Waals surface area contributed by atoms with Crippen LogP contribution in [0, 0.1) is 0 Å². The Balaban J connectivity index is 0.00000441. The van der Waals surface area contributed by atoms with Gasteiger partial charge in [0.2, 0.25) is 6.79 Å². The first-order valence-corrected chi connectivity index (χ1v) is 12.9. The molecular weight excluding hydrogens is 563 g/mol. The summed E-state index contributed by atoms with van der Waals surface area (Å²) in [6, 6.07) is 15.6. The van der Waals surface area contributed by atoms with Gasteiger partial charge in [-0.2, -0.15) is 5.21 Å². The van der Waals surface area contributed by atoms with Crippen LogP contribution in [0.4, 0.5) is 4.79 Å². The fourth-order valence-corrected chi connectivity index (χ4v) is 4.21. The van der Waals surface area contributed by atoms with Gasteiger partial charge in [-0.3, -0.25) is 10.3 Å². The van der Waals surface area contributed by atoms with E-state index in [-0.39, 0.29) is 68.3 Å². The minimum absolute atomic E-state index is 0. The van der Waals surface area contributed by atoms with Gasteiger partial charge in [-0.05, 0) is 42.5 Å². The van der Waals surface area contributed by atoms with E-state index in [0.717, 1.165) is 35.1 Å². The summed E-state index contributed by atoms with van der Waals surface area (Å²) in [6.45, 7) is 5.16. The summed E-state index contributed by atoms with van der Waals surface area (Å²) in [7, 11) is 0. The second kappa shape index (κ2) is 15.4. The van der Waals surface area contributed by atoms with E-state index in [4.69, 9.17) is 25.8 Å². The molecule has 0 aliphatic rings. The van der Waals surface area contributed by atoms with Crippen molar-refractivity contribution in [3.05, 3.63) is 70.8 Å². The van der Waals surface area contributed by atoms with Crippen molar-refractivity contribution < 1.29 is 75.2 Å². The maximum absolute atomic E-state index is 12.9. The van der Waals surface area contributed by atoms with Crippen molar-refractivity contribution in [2.45, 2.75) is 52.7 Å². The number of carbonyl (C=O) groups is 2. The number of aromatic nitrogens is 6. The van der Waals surface area contributed by atoms with Gasteiger partial charge in [-0.15, -0.1) is 0 Å². The van der Waals surface area contributed by atoms with Crippen LogP contribution in [0.3, 0.4) is 0 Å². The Kier molecular flexibility index (Phi) is 12.3. The van der Waals surface area contributed by atoms with Gasteiger partial charge in [-0.1, -0.05) is 73.5 Å². The van der Waals surface area contributed by atoms with E-state index in [1.807, 2.05) is 48.5 Å². The Morgan fingerprint density at radius 3 is 2.42 bits per heavy atom. The number of unbranched alkanes of at least 4 members (excludes halogenated alkanes) is 1. The monoisotopic (exact) mass is 590 g/mol. The van der Waals surface area contributed by atoms with E-state index in [2.05, 4.69) is 32.5 Å². The van der Waals surface area contributed by atoms with Crippen molar-refractivity contribution in [2.24, 2.45) is 0 Å². The van der Waals surface area contributed by atoms with Crippen LogP contribution in [0.1, 0.15) is 55.5 Å². The van der Waals surface area contributed by atoms with Crippen LogP contribution >= 0.6 is 11.6 Å². The molecule has 0 aliphatic carbocycles. The van der Waals surface area contributed by atoms with E-state index < -0.39 is 18.9 Å². The van der Waals surface area contributed by atoms with E-state index in [9.17, 15) is 9.59 Å². The molecule has 0 unspecified atom stereocenters. The number of ether oxygens (including phenoxy) is 3. The number of hydrogen-bond donors (Lipinski definition) is 0. The zero-order valence-corrected chi connectivity index (χ0v) is 26.7. The number of tetrazole rings is 1. The van der Waals surface area contributed by atoms with Crippen LogP contribution in [-0.2, 0) is 27.2 Å². The van der Waals surface area contributed by atoms with Gasteiger partial charge in [0.15, 0.2) is 10.8 Å². The van der Waals surface area contributed by atoms with Crippen molar-refractivity contribution in [3.63, 3.8) is 0 Å². The maximum atomic E-state index is 12.9. The Morgan fingerprint density at radius 2 is 1.77 bits per heavy atom. The zero-order chi connectivity index (χ0) is 27.8. The Hall–Kier alpha value is -2.61. The van der Waals surface area contributed by atoms with Gasteiger partial charge in [0.25, 0.3) is 0 Å². The normalized spacial score (nSPS) is 10.7. The minimum atomic E-state index is -0.930. The number of imidazole rings is 1. The van der Waals surface area contributed by atoms with Crippen molar-refractivity contribution in [3.8, 4) is 22.5 Å². The molecular formula is C27H28ClKN6O5. The third kappa shape index (κ3) is 8.21. The van der Waals surface area contributed by atoms with Crippen LogP contribution in [0.15, 0.2) is 48.5 Å². The van der Waals surface area contributed by atoms with Crippen molar-refractivity contribution in [1.82, 2.24) is 30.2 Å². The summed E-state index contributed by atoms with van der Waals surface area (Å²) in [5, 5.41) is 15.2. The molecule has 13 heteroatoms. The SMILES string of the molecule is CCCCc1nc(Cl)c(C(=O)OCOC(=O)OC(C)C)n1Cc1ccc(-c2ccccc2-c2nnn[n-]2)cc1.[K+]. The Labute approximate surface area is 279 Å². The number of carbonyl (C=O) groups excluding carboxylic acids is 2. The molecule has 0 aliphatic heterocycles. The molecule has 0 radical (unpaired) electrons. The quantitative estimate of drug-likeness (QED) is 0.145. The molecule has 0 saturated heterocycles. The number of rotatable bonds is 11. The van der Waals surface area contributed by atoms with Crippen LogP contribution in [0.2, 0.25) is 5.15 Å². The van der Waals surface area contributed by atoms with Crippen molar-refractivity contribution in [2.75, 3.05) is 6.79 Å². The van der Waals surface area contributed by atoms with E-state index in [0.29, 0.717) is 24.6 Å². The fraction of sp³-hybridized carbons (Fsp3) is 0.333. The summed E-state index contributed by atoms with van der Waals surface area (Å²) < 4.78 is 16.6. The smallest absolute Gasteiger partial charge is 0.431 e. The predicted octanol–water partition coefficient (Wildman–Crippen LogP) is 2.08. The molecule has 4 rings (SSSR count). The van der Waals surface area contributed by atoms with Crippen molar-refractivity contribution >= 4 is 23.7 Å². The van der Waals surface area contributed by atoms with Gasteiger partial charge in [0.1, 0.15) is 5.82 Å². The first-order valence-electron chi connectivity index (χ1n) is 12.5. The molecule has 40 heavy (non-hydrogen) atoms. The van der Waals surface area contributed by atoms with Crippen LogP contribution in [-0.4, -0.2) is 50.1 Å². The molecule has 0 amide bonds. The van der Waals surface area contributed by atoms with E-state index in [1.165, 1.54) is 0 Å². The number of esters is 1. The molecule has 4 aromatic rings. The number of aryl methyl sites for hydroxylation is 1. The molecule has 0 bridgehead atoms. The second-order valence-corrected chi connectivity index (χ2v) is 9.27. The minimum Gasteiger partial charge on any atom is -0.431 e. The third-order valence-electron chi connectivity index (χ3n) is 5.74. The fourth-order valence-electron chi connectivity index (χ4n) is 3.94. The van der Waals surface area contributed by atoms with E-state index in [1.54, 1.807) is 18.4 Å². The molecule has 11 nitrogen and oxygen atoms in total. The molecule has 2 aromatic heterocycles. The number of hydrogen-bond acceptors (Lipinski definition) is 9. The third-order valence-corrected chi connectivity index (χ3v) is 6.01. The largest absolute Gasteiger partial charge is 1.00 e. The molecule has 2 aromatic carbocycles. The number of nitrogens with zero attached hydrogens (tertiary/aromatic N) is 6. The molecule has 204 valence electrons. The average molecular weight is 591 g/mol. The Morgan fingerprint density at radius 1 is 1.05 bits per heavy atom. The molecule has 0 fully saturated rings. The predicted molar refractivity (Wildman–Crippen MR) is 142 cm³/mol. The summed E-state index contributed by atoms with van der Waals surface area (Å²) in [4.78, 5) is 29.0. The summed E-state index contributed by atoms with van der Waals surface area (Å²) >= 11 is 6.38. The zero-order valence-electron chi connectivity index (χ0n) is 22.8. The molecule has 2 heterocycles. The van der Waals surface area contributed by atoms with Crippen LogP contribution < -0.4 is 56.5 Å². The van der Waals surface area contributed by atoms with Gasteiger partial charge in [0, 0.05) is 18.8 Å². The van der Waals surface area contributed by atoms with Crippen molar-refractivity contribution in [1.29, 1.82) is 0 Å². The second-order valence-electron chi connectivity index (χ2n) is 8.91. The topological polar surface area (TPSA) is 132 Å². The summed E-state index contributed by atoms with van der Waals surface area (Å²) in [5.74, 6) is 0.361. The van der Waals surface area contributed by atoms with Crippen LogP contribution in [0.25, 0.3) is 22.5 Å². The molecule has 0 spiro atoms. The number of benzene rings is 2.